The second-order valence-corrected chi connectivity index (χ2v) is 10.9. The van der Waals surface area contributed by atoms with Crippen molar-refractivity contribution in [1.29, 1.82) is 0 Å². The molecular weight excluding hydrogens is 445 g/mol. The lowest BCUT2D eigenvalue weighted by Crippen LogP contribution is -2.44. The smallest absolute Gasteiger partial charge is 0.233 e. The predicted molar refractivity (Wildman–Crippen MR) is 115 cm³/mol. The van der Waals surface area contributed by atoms with E-state index in [9.17, 15) is 17.6 Å². The molecule has 1 fully saturated rings. The van der Waals surface area contributed by atoms with Crippen LogP contribution in [0, 0.1) is 11.7 Å². The van der Waals surface area contributed by atoms with Gasteiger partial charge in [0.15, 0.2) is 27.2 Å². The fourth-order valence-corrected chi connectivity index (χ4v) is 5.78. The van der Waals surface area contributed by atoms with Gasteiger partial charge in [-0.3, -0.25) is 4.79 Å². The first-order valence-corrected chi connectivity index (χ1v) is 12.7. The van der Waals surface area contributed by atoms with E-state index in [4.69, 9.17) is 10.6 Å². The van der Waals surface area contributed by atoms with Gasteiger partial charge in [-0.15, -0.1) is 10.2 Å². The third-order valence-corrected chi connectivity index (χ3v) is 7.46. The molecule has 1 aromatic carbocycles. The van der Waals surface area contributed by atoms with Crippen LogP contribution in [-0.2, 0) is 21.2 Å². The van der Waals surface area contributed by atoms with E-state index in [-0.39, 0.29) is 53.3 Å². The Bertz CT molecular complexity index is 1030. The first kappa shape index (κ1) is 23.3. The molecular formula is C19H26FN5O4S2. The first-order valence-electron chi connectivity index (χ1n) is 9.85. The second-order valence-electron chi connectivity index (χ2n) is 7.77. The Morgan fingerprint density at radius 3 is 2.77 bits per heavy atom. The number of nitrogen functional groups attached to an aromatic ring is 1. The quantitative estimate of drug-likeness (QED) is 0.431. The van der Waals surface area contributed by atoms with E-state index in [2.05, 4.69) is 10.2 Å². The molecule has 1 saturated heterocycles. The predicted octanol–water partition coefficient (Wildman–Crippen LogP) is 1.47. The van der Waals surface area contributed by atoms with E-state index in [0.717, 1.165) is 11.8 Å². The number of carbonyl (C=O) groups is 1. The standard InChI is InChI=1S/C19H26FN5O4S2/c1-13(2)9-24(14-7-8-31(27,28)12-14)18(26)11-30-19-23-22-17(25(19)21)10-29-16-6-4-3-5-15(16)20/h3-6,13-14H,7-12,21H2,1-2H3. The van der Waals surface area contributed by atoms with Crippen LogP contribution in [0.1, 0.15) is 26.1 Å². The third kappa shape index (κ3) is 6.10. The van der Waals surface area contributed by atoms with Crippen molar-refractivity contribution >= 4 is 27.5 Å². The van der Waals surface area contributed by atoms with Crippen LogP contribution in [0.3, 0.4) is 0 Å². The summed E-state index contributed by atoms with van der Waals surface area (Å²) in [6.45, 7) is 4.36. The molecule has 1 unspecified atom stereocenters. The van der Waals surface area contributed by atoms with Crippen LogP contribution < -0.4 is 10.6 Å². The zero-order chi connectivity index (χ0) is 22.6. The van der Waals surface area contributed by atoms with Gasteiger partial charge in [-0.2, -0.15) is 0 Å². The minimum Gasteiger partial charge on any atom is -0.482 e. The molecule has 31 heavy (non-hydrogen) atoms. The molecule has 170 valence electrons. The van der Waals surface area contributed by atoms with E-state index < -0.39 is 15.7 Å². The topological polar surface area (TPSA) is 120 Å². The van der Waals surface area contributed by atoms with E-state index in [1.54, 1.807) is 17.0 Å². The molecule has 9 nitrogen and oxygen atoms in total. The monoisotopic (exact) mass is 471 g/mol. The number of rotatable bonds is 9. The van der Waals surface area contributed by atoms with Crippen molar-refractivity contribution in [1.82, 2.24) is 19.8 Å². The van der Waals surface area contributed by atoms with Crippen LogP contribution in [0.4, 0.5) is 4.39 Å². The lowest BCUT2D eigenvalue weighted by Gasteiger charge is -2.29. The lowest BCUT2D eigenvalue weighted by molar-refractivity contribution is -0.130. The molecule has 1 amide bonds. The highest BCUT2D eigenvalue weighted by molar-refractivity contribution is 7.99. The number of amides is 1. The number of sulfone groups is 1. The molecule has 1 aliphatic heterocycles. The molecule has 0 saturated carbocycles. The highest BCUT2D eigenvalue weighted by Crippen LogP contribution is 2.23. The molecule has 12 heteroatoms. The average Bonchev–Trinajstić information content (AvgIpc) is 3.25. The molecule has 2 N–H and O–H groups in total. The Morgan fingerprint density at radius 2 is 2.13 bits per heavy atom. The van der Waals surface area contributed by atoms with Crippen molar-refractivity contribution in [3.63, 3.8) is 0 Å². The summed E-state index contributed by atoms with van der Waals surface area (Å²) >= 11 is 1.11. The maximum atomic E-state index is 13.7. The van der Waals surface area contributed by atoms with Crippen LogP contribution in [0.15, 0.2) is 29.4 Å². The number of para-hydroxylation sites is 1. The first-order chi connectivity index (χ1) is 14.7. The Morgan fingerprint density at radius 1 is 1.39 bits per heavy atom. The number of hydrogen-bond acceptors (Lipinski definition) is 8. The van der Waals surface area contributed by atoms with Crippen LogP contribution in [0.5, 0.6) is 5.75 Å². The molecule has 1 aromatic heterocycles. The fourth-order valence-electron chi connectivity index (χ4n) is 3.29. The highest BCUT2D eigenvalue weighted by atomic mass is 32.2. The summed E-state index contributed by atoms with van der Waals surface area (Å²) in [7, 11) is -3.10. The van der Waals surface area contributed by atoms with E-state index in [0.29, 0.717) is 18.1 Å². The highest BCUT2D eigenvalue weighted by Gasteiger charge is 2.34. The van der Waals surface area contributed by atoms with Gasteiger partial charge in [0.25, 0.3) is 0 Å². The summed E-state index contributed by atoms with van der Waals surface area (Å²) in [5.41, 5.74) is 0. The van der Waals surface area contributed by atoms with Crippen LogP contribution in [0.2, 0.25) is 0 Å². The van der Waals surface area contributed by atoms with Crippen LogP contribution in [-0.4, -0.2) is 63.9 Å². The number of ether oxygens (including phenoxy) is 1. The van der Waals surface area contributed by atoms with Gasteiger partial charge in [-0.1, -0.05) is 37.7 Å². The Labute approximate surface area is 185 Å². The van der Waals surface area contributed by atoms with Crippen molar-refractivity contribution in [3.8, 4) is 5.75 Å². The van der Waals surface area contributed by atoms with Gasteiger partial charge in [0.05, 0.1) is 17.3 Å². The molecule has 1 atom stereocenters. The van der Waals surface area contributed by atoms with Gasteiger partial charge >= 0.3 is 0 Å². The van der Waals surface area contributed by atoms with Gasteiger partial charge in [0, 0.05) is 12.6 Å². The summed E-state index contributed by atoms with van der Waals surface area (Å²) in [6.07, 6.45) is 0.454. The maximum absolute atomic E-state index is 13.7. The van der Waals surface area contributed by atoms with E-state index in [1.807, 2.05) is 13.8 Å². The number of benzene rings is 1. The van der Waals surface area contributed by atoms with Crippen molar-refractivity contribution < 1.29 is 22.3 Å². The zero-order valence-corrected chi connectivity index (χ0v) is 19.0. The molecule has 3 rings (SSSR count). The fraction of sp³-hybridized carbons (Fsp3) is 0.526. The molecule has 2 heterocycles. The summed E-state index contributed by atoms with van der Waals surface area (Å²) in [5.74, 6) is 6.04. The van der Waals surface area contributed by atoms with Gasteiger partial charge in [0.2, 0.25) is 11.1 Å². The zero-order valence-electron chi connectivity index (χ0n) is 17.4. The van der Waals surface area contributed by atoms with Gasteiger partial charge in [-0.05, 0) is 24.5 Å². The number of nitrogens with two attached hydrogens (primary N) is 1. The summed E-state index contributed by atoms with van der Waals surface area (Å²) in [6, 6.07) is 5.68. The minimum absolute atomic E-state index is 0.000725. The SMILES string of the molecule is CC(C)CN(C(=O)CSc1nnc(COc2ccccc2F)n1N)C1CCS(=O)(=O)C1. The largest absolute Gasteiger partial charge is 0.482 e. The Balaban J connectivity index is 1.60. The molecule has 0 bridgehead atoms. The van der Waals surface area contributed by atoms with E-state index >= 15 is 0 Å². The second kappa shape index (κ2) is 9.86. The number of hydrogen-bond donors (Lipinski definition) is 1. The summed E-state index contributed by atoms with van der Waals surface area (Å²) < 4.78 is 44.0. The number of aromatic nitrogens is 3. The van der Waals surface area contributed by atoms with Crippen molar-refractivity contribution in [2.24, 2.45) is 5.92 Å². The maximum Gasteiger partial charge on any atom is 0.233 e. The third-order valence-electron chi connectivity index (χ3n) is 4.78. The van der Waals surface area contributed by atoms with Crippen molar-refractivity contribution in [2.45, 2.75) is 38.1 Å². The lowest BCUT2D eigenvalue weighted by atomic mass is 10.1. The van der Waals surface area contributed by atoms with Gasteiger partial charge in [-0.25, -0.2) is 17.5 Å². The molecule has 0 radical (unpaired) electrons. The summed E-state index contributed by atoms with van der Waals surface area (Å²) in [4.78, 5) is 14.5. The van der Waals surface area contributed by atoms with Gasteiger partial charge in [0.1, 0.15) is 6.61 Å². The molecule has 0 spiro atoms. The number of carbonyl (C=O) groups excluding carboxylic acids is 1. The van der Waals surface area contributed by atoms with Crippen LogP contribution in [0.25, 0.3) is 0 Å². The summed E-state index contributed by atoms with van der Waals surface area (Å²) in [5, 5.41) is 8.23. The Kier molecular flexibility index (Phi) is 7.42. The Hall–Kier alpha value is -2.34. The average molecular weight is 472 g/mol. The molecule has 0 aliphatic carbocycles. The number of nitrogens with zero attached hydrogens (tertiary/aromatic N) is 4. The number of halogens is 1. The molecule has 2 aromatic rings. The minimum atomic E-state index is -3.10. The normalized spacial score (nSPS) is 17.7. The van der Waals surface area contributed by atoms with E-state index in [1.165, 1.54) is 16.8 Å². The number of thioether (sulfide) groups is 1. The van der Waals surface area contributed by atoms with Crippen LogP contribution >= 0.6 is 11.8 Å². The molecule has 1 aliphatic rings. The van der Waals surface area contributed by atoms with Crippen molar-refractivity contribution in [3.05, 3.63) is 35.9 Å². The van der Waals surface area contributed by atoms with Crippen molar-refractivity contribution in [2.75, 3.05) is 29.6 Å². The van der Waals surface area contributed by atoms with Gasteiger partial charge < -0.3 is 15.5 Å².